The Morgan fingerprint density at radius 2 is 1.05 bits per heavy atom. The van der Waals surface area contributed by atoms with Gasteiger partial charge in [-0.25, -0.2) is 24.7 Å². The van der Waals surface area contributed by atoms with E-state index in [0.717, 1.165) is 51.9 Å². The van der Waals surface area contributed by atoms with E-state index >= 15 is 4.79 Å². The maximum atomic E-state index is 15.3. The molecule has 2 amide bonds. The molecule has 10 rings (SSSR count). The third-order valence-corrected chi connectivity index (χ3v) is 12.4. The van der Waals surface area contributed by atoms with Crippen molar-refractivity contribution in [2.24, 2.45) is 0 Å². The first kappa shape index (κ1) is 34.9. The van der Waals surface area contributed by atoms with Crippen molar-refractivity contribution in [1.82, 2.24) is 58.8 Å². The predicted octanol–water partition coefficient (Wildman–Crippen LogP) is 5.05. The van der Waals surface area contributed by atoms with Crippen LogP contribution in [0.1, 0.15) is 87.7 Å². The molecule has 4 unspecified atom stereocenters. The summed E-state index contributed by atoms with van der Waals surface area (Å²) in [7, 11) is 0. The van der Waals surface area contributed by atoms with Crippen molar-refractivity contribution >= 4 is 29.2 Å². The number of piperidine rings is 4. The van der Waals surface area contributed by atoms with E-state index < -0.39 is 0 Å². The lowest BCUT2D eigenvalue weighted by molar-refractivity contribution is 0.0295. The van der Waals surface area contributed by atoms with E-state index in [-0.39, 0.29) is 30.0 Å². The summed E-state index contributed by atoms with van der Waals surface area (Å²) in [5.41, 5.74) is 15.7. The Kier molecular flexibility index (Phi) is 9.04. The second kappa shape index (κ2) is 14.5. The van der Waals surface area contributed by atoms with Crippen LogP contribution in [0.2, 0.25) is 0 Å². The normalized spacial score (nSPS) is 24.4. The van der Waals surface area contributed by atoms with Crippen molar-refractivity contribution in [2.75, 3.05) is 50.7 Å². The average Bonchev–Trinajstić information content (AvgIpc) is 4.08. The van der Waals surface area contributed by atoms with Gasteiger partial charge in [-0.05, 0) is 102 Å². The SMILES string of the molecule is Nc1nc(C2CC(N3CCCCC3)CCN2C(=O)N2CCC(N3CCCCC3)CC2c2cc3nc(-c4ccco4)nn3c(N)n2)cc2nc(-c3ccco3)nn12. The van der Waals surface area contributed by atoms with Gasteiger partial charge in [0, 0.05) is 37.3 Å². The molecule has 56 heavy (non-hydrogen) atoms. The van der Waals surface area contributed by atoms with Crippen molar-refractivity contribution in [3.8, 4) is 23.2 Å². The second-order valence-electron chi connectivity index (χ2n) is 15.7. The molecule has 4 saturated heterocycles. The van der Waals surface area contributed by atoms with Crippen LogP contribution < -0.4 is 11.5 Å². The molecule has 4 aliphatic rings. The van der Waals surface area contributed by atoms with E-state index in [1.54, 1.807) is 24.7 Å². The number of urea groups is 1. The fraction of sp³-hybridized carbons (Fsp3) is 0.513. The molecule has 6 aromatic rings. The maximum Gasteiger partial charge on any atom is 0.321 e. The summed E-state index contributed by atoms with van der Waals surface area (Å²) >= 11 is 0. The summed E-state index contributed by atoms with van der Waals surface area (Å²) < 4.78 is 14.2. The third-order valence-electron chi connectivity index (χ3n) is 12.4. The van der Waals surface area contributed by atoms with Crippen LogP contribution in [-0.4, -0.2) is 116 Å². The van der Waals surface area contributed by atoms with E-state index in [4.69, 9.17) is 40.2 Å². The van der Waals surface area contributed by atoms with Crippen molar-refractivity contribution in [1.29, 1.82) is 0 Å². The van der Waals surface area contributed by atoms with E-state index in [2.05, 4.69) is 20.0 Å². The largest absolute Gasteiger partial charge is 0.461 e. The first-order valence-corrected chi connectivity index (χ1v) is 20.2. The van der Waals surface area contributed by atoms with Gasteiger partial charge in [0.1, 0.15) is 0 Å². The molecule has 17 nitrogen and oxygen atoms in total. The molecule has 4 aliphatic heterocycles. The molecule has 0 aromatic carbocycles. The number of nitrogens with zero attached hydrogens (tertiary/aromatic N) is 12. The third kappa shape index (κ3) is 6.41. The smallest absolute Gasteiger partial charge is 0.321 e. The van der Waals surface area contributed by atoms with E-state index in [1.807, 2.05) is 34.1 Å². The molecular formula is C39H48N14O3. The average molecular weight is 761 g/mol. The van der Waals surface area contributed by atoms with Crippen molar-refractivity contribution < 1.29 is 13.6 Å². The minimum absolute atomic E-state index is 0.0369. The zero-order valence-electron chi connectivity index (χ0n) is 31.5. The summed E-state index contributed by atoms with van der Waals surface area (Å²) in [6, 6.07) is 11.0. The molecule has 10 heterocycles. The van der Waals surface area contributed by atoms with Crippen LogP contribution in [-0.2, 0) is 0 Å². The number of carbonyl (C=O) groups excluding carboxylic acids is 1. The lowest BCUT2D eigenvalue weighted by atomic mass is 9.90. The number of likely N-dealkylation sites (tertiary alicyclic amines) is 4. The van der Waals surface area contributed by atoms with Gasteiger partial charge in [0.25, 0.3) is 0 Å². The molecule has 0 bridgehead atoms. The van der Waals surface area contributed by atoms with Gasteiger partial charge in [0.05, 0.1) is 36.0 Å². The minimum Gasteiger partial charge on any atom is -0.461 e. The van der Waals surface area contributed by atoms with Gasteiger partial charge in [0.15, 0.2) is 22.8 Å². The zero-order valence-corrected chi connectivity index (χ0v) is 31.5. The second-order valence-corrected chi connectivity index (χ2v) is 15.7. The predicted molar refractivity (Wildman–Crippen MR) is 207 cm³/mol. The molecule has 4 atom stereocenters. The van der Waals surface area contributed by atoms with Crippen LogP contribution in [0, 0.1) is 0 Å². The molecular weight excluding hydrogens is 713 g/mol. The summed E-state index contributed by atoms with van der Waals surface area (Å²) in [6.45, 7) is 5.47. The van der Waals surface area contributed by atoms with Gasteiger partial charge in [-0.1, -0.05) is 12.8 Å². The number of furan rings is 2. The number of hydrogen-bond acceptors (Lipinski definition) is 13. The van der Waals surface area contributed by atoms with Crippen LogP contribution in [0.4, 0.5) is 16.7 Å². The quantitative estimate of drug-likeness (QED) is 0.229. The van der Waals surface area contributed by atoms with Crippen LogP contribution in [0.3, 0.4) is 0 Å². The van der Waals surface area contributed by atoms with Crippen molar-refractivity contribution in [2.45, 2.75) is 88.4 Å². The molecule has 4 fully saturated rings. The Balaban J connectivity index is 1.01. The van der Waals surface area contributed by atoms with E-state index in [0.29, 0.717) is 71.0 Å². The number of aromatic nitrogens is 8. The number of nitrogen functional groups attached to an aromatic ring is 2. The Morgan fingerprint density at radius 3 is 1.46 bits per heavy atom. The monoisotopic (exact) mass is 760 g/mol. The number of fused-ring (bicyclic) bond motifs is 2. The van der Waals surface area contributed by atoms with Crippen LogP contribution in [0.25, 0.3) is 34.5 Å². The molecule has 0 aliphatic carbocycles. The number of hydrogen-bond donors (Lipinski definition) is 2. The summed E-state index contributed by atoms with van der Waals surface area (Å²) in [4.78, 5) is 43.9. The zero-order chi connectivity index (χ0) is 37.8. The Morgan fingerprint density at radius 1 is 0.607 bits per heavy atom. The Labute approximate surface area is 323 Å². The summed E-state index contributed by atoms with van der Waals surface area (Å²) in [6.07, 6.45) is 13.7. The van der Waals surface area contributed by atoms with Gasteiger partial charge < -0.3 is 39.9 Å². The van der Waals surface area contributed by atoms with Gasteiger partial charge in [-0.15, -0.1) is 10.2 Å². The highest BCUT2D eigenvalue weighted by molar-refractivity contribution is 5.76. The molecule has 4 N–H and O–H groups in total. The lowest BCUT2D eigenvalue weighted by Gasteiger charge is -2.49. The first-order chi connectivity index (χ1) is 27.5. The number of nitrogens with two attached hydrogens (primary N) is 2. The van der Waals surface area contributed by atoms with Crippen LogP contribution >= 0.6 is 0 Å². The fourth-order valence-electron chi connectivity index (χ4n) is 9.53. The number of anilines is 2. The fourth-order valence-corrected chi connectivity index (χ4v) is 9.53. The Hall–Kier alpha value is -5.55. The van der Waals surface area contributed by atoms with E-state index in [1.165, 1.54) is 47.6 Å². The lowest BCUT2D eigenvalue weighted by Crippen LogP contribution is -2.56. The minimum atomic E-state index is -0.326. The molecule has 0 saturated carbocycles. The molecule has 0 spiro atoms. The van der Waals surface area contributed by atoms with Crippen molar-refractivity contribution in [3.05, 3.63) is 60.3 Å². The number of rotatable bonds is 6. The molecule has 292 valence electrons. The maximum absolute atomic E-state index is 15.3. The first-order valence-electron chi connectivity index (χ1n) is 20.2. The van der Waals surface area contributed by atoms with Crippen molar-refractivity contribution in [3.63, 3.8) is 0 Å². The summed E-state index contributed by atoms with van der Waals surface area (Å²) in [5.74, 6) is 2.37. The molecule has 0 radical (unpaired) electrons. The van der Waals surface area contributed by atoms with Crippen LogP contribution in [0.5, 0.6) is 0 Å². The highest BCUT2D eigenvalue weighted by Crippen LogP contribution is 2.40. The summed E-state index contributed by atoms with van der Waals surface area (Å²) in [5, 5.41) is 9.16. The molecule has 6 aromatic heterocycles. The van der Waals surface area contributed by atoms with Gasteiger partial charge in [-0.3, -0.25) is 0 Å². The highest BCUT2D eigenvalue weighted by Gasteiger charge is 2.43. The van der Waals surface area contributed by atoms with Gasteiger partial charge in [0.2, 0.25) is 23.5 Å². The Bertz CT molecular complexity index is 2150. The highest BCUT2D eigenvalue weighted by atomic mass is 16.3. The van der Waals surface area contributed by atoms with Gasteiger partial charge in [-0.2, -0.15) is 9.03 Å². The molecule has 17 heteroatoms. The number of amides is 2. The van der Waals surface area contributed by atoms with Gasteiger partial charge >= 0.3 is 6.03 Å². The van der Waals surface area contributed by atoms with Crippen LogP contribution in [0.15, 0.2) is 57.8 Å². The topological polar surface area (TPSA) is 195 Å². The number of carbonyl (C=O) groups is 1. The van der Waals surface area contributed by atoms with E-state index in [9.17, 15) is 0 Å². The standard InChI is InChI=1S/C39H48N14O3/c40-37-42-27(23-33-44-35(46-52(33)37)31-9-7-19-55-31)29-21-25(48-13-3-1-4-14-48)11-17-50(29)39(54)51-18-12-26(49-15-5-2-6-16-49)22-30(51)28-24-34-45-36(32-10-8-20-56-32)47-53(34)38(41)43-28/h7-10,19-20,23-26,29-30H,1-6,11-18,21-22H2,(H2,40,42)(H2,41,43).